The quantitative estimate of drug-likeness (QED) is 0.384. The zero-order valence-electron chi connectivity index (χ0n) is 21.9. The third kappa shape index (κ3) is 6.74. The third-order valence-corrected chi connectivity index (χ3v) is 6.82. The summed E-state index contributed by atoms with van der Waals surface area (Å²) in [5.41, 5.74) is 2.34. The predicted molar refractivity (Wildman–Crippen MR) is 144 cm³/mol. The van der Waals surface area contributed by atoms with Crippen molar-refractivity contribution in [1.82, 2.24) is 9.80 Å². The Morgan fingerprint density at radius 3 is 1.81 bits per heavy atom. The maximum atomic E-state index is 13.3. The highest BCUT2D eigenvalue weighted by Crippen LogP contribution is 2.40. The minimum Gasteiger partial charge on any atom is -0.493 e. The lowest BCUT2D eigenvalue weighted by Crippen LogP contribution is -2.49. The summed E-state index contributed by atoms with van der Waals surface area (Å²) in [6.45, 7) is 4.39. The molecule has 1 heterocycles. The Bertz CT molecular complexity index is 1070. The van der Waals surface area contributed by atoms with Crippen LogP contribution in [0, 0.1) is 0 Å². The summed E-state index contributed by atoms with van der Waals surface area (Å²) in [5, 5.41) is 0. The van der Waals surface area contributed by atoms with Crippen molar-refractivity contribution in [2.45, 2.75) is 12.3 Å². The zero-order chi connectivity index (χ0) is 26.0. The summed E-state index contributed by atoms with van der Waals surface area (Å²) >= 11 is 0. The van der Waals surface area contributed by atoms with Gasteiger partial charge in [0.15, 0.2) is 11.5 Å². The molecule has 1 fully saturated rings. The van der Waals surface area contributed by atoms with Gasteiger partial charge in [0.1, 0.15) is 12.4 Å². The average molecular weight is 505 g/mol. The van der Waals surface area contributed by atoms with Crippen molar-refractivity contribution in [2.75, 3.05) is 60.7 Å². The van der Waals surface area contributed by atoms with E-state index in [4.69, 9.17) is 18.9 Å². The molecule has 196 valence electrons. The fraction of sp³-hybridized carbons (Fsp3) is 0.367. The largest absolute Gasteiger partial charge is 0.493 e. The Kier molecular flexibility index (Phi) is 9.27. The van der Waals surface area contributed by atoms with E-state index in [-0.39, 0.29) is 11.8 Å². The molecule has 7 nitrogen and oxygen atoms in total. The molecule has 0 bridgehead atoms. The van der Waals surface area contributed by atoms with E-state index in [1.165, 1.54) is 11.1 Å². The Balaban J connectivity index is 1.28. The average Bonchev–Trinajstić information content (AvgIpc) is 2.96. The molecule has 1 aliphatic heterocycles. The molecule has 0 aliphatic carbocycles. The Morgan fingerprint density at radius 2 is 1.32 bits per heavy atom. The van der Waals surface area contributed by atoms with Gasteiger partial charge in [-0.15, -0.1) is 0 Å². The van der Waals surface area contributed by atoms with Crippen molar-refractivity contribution in [1.29, 1.82) is 0 Å². The summed E-state index contributed by atoms with van der Waals surface area (Å²) < 4.78 is 22.2. The van der Waals surface area contributed by atoms with Gasteiger partial charge in [-0.25, -0.2) is 0 Å². The normalized spacial score (nSPS) is 13.9. The van der Waals surface area contributed by atoms with E-state index in [1.807, 2.05) is 41.3 Å². The maximum Gasteiger partial charge on any atom is 0.223 e. The SMILES string of the molecule is COc1cc(OCCN2CCN(C(=O)CC(c3ccccc3)c3ccccc3)CC2)cc(OC)c1OC. The highest BCUT2D eigenvalue weighted by atomic mass is 16.5. The maximum absolute atomic E-state index is 13.3. The summed E-state index contributed by atoms with van der Waals surface area (Å²) in [6, 6.07) is 24.2. The molecule has 1 aliphatic rings. The van der Waals surface area contributed by atoms with Gasteiger partial charge in [0.05, 0.1) is 21.3 Å². The minimum absolute atomic E-state index is 0.0554. The second kappa shape index (κ2) is 13.0. The first-order valence-corrected chi connectivity index (χ1v) is 12.7. The highest BCUT2D eigenvalue weighted by Gasteiger charge is 2.25. The standard InChI is InChI=1S/C30H36N2O5/c1-34-27-20-25(21-28(35-2)30(27)36-3)37-19-18-31-14-16-32(17-15-31)29(33)22-26(23-10-6-4-7-11-23)24-12-8-5-9-13-24/h4-13,20-21,26H,14-19,22H2,1-3H3. The van der Waals surface area contributed by atoms with Crippen LogP contribution >= 0.6 is 0 Å². The van der Waals surface area contributed by atoms with Crippen LogP contribution in [-0.2, 0) is 4.79 Å². The molecule has 0 spiro atoms. The molecule has 4 rings (SSSR count). The first-order chi connectivity index (χ1) is 18.1. The van der Waals surface area contributed by atoms with Gasteiger partial charge in [0.2, 0.25) is 11.7 Å². The van der Waals surface area contributed by atoms with Crippen LogP contribution in [0.5, 0.6) is 23.0 Å². The van der Waals surface area contributed by atoms with Crippen LogP contribution in [0.4, 0.5) is 0 Å². The molecular formula is C30H36N2O5. The number of nitrogens with zero attached hydrogens (tertiary/aromatic N) is 2. The molecule has 1 amide bonds. The number of rotatable bonds is 11. The fourth-order valence-electron chi connectivity index (χ4n) is 4.76. The zero-order valence-corrected chi connectivity index (χ0v) is 21.9. The highest BCUT2D eigenvalue weighted by molar-refractivity contribution is 5.78. The number of piperazine rings is 1. The lowest BCUT2D eigenvalue weighted by atomic mass is 9.88. The molecule has 0 saturated carbocycles. The van der Waals surface area contributed by atoms with Gasteiger partial charge in [-0.2, -0.15) is 0 Å². The molecular weight excluding hydrogens is 468 g/mol. The number of methoxy groups -OCH3 is 3. The van der Waals surface area contributed by atoms with Crippen LogP contribution in [0.1, 0.15) is 23.5 Å². The topological polar surface area (TPSA) is 60.5 Å². The van der Waals surface area contributed by atoms with Gasteiger partial charge in [0.25, 0.3) is 0 Å². The van der Waals surface area contributed by atoms with Gasteiger partial charge in [-0.3, -0.25) is 9.69 Å². The van der Waals surface area contributed by atoms with Gasteiger partial charge in [-0.1, -0.05) is 60.7 Å². The number of hydrogen-bond acceptors (Lipinski definition) is 6. The minimum atomic E-state index is 0.0554. The van der Waals surface area contributed by atoms with Crippen molar-refractivity contribution < 1.29 is 23.7 Å². The third-order valence-electron chi connectivity index (χ3n) is 6.82. The number of ether oxygens (including phenoxy) is 4. The van der Waals surface area contributed by atoms with E-state index < -0.39 is 0 Å². The van der Waals surface area contributed by atoms with Crippen molar-refractivity contribution in [3.63, 3.8) is 0 Å². The summed E-state index contributed by atoms with van der Waals surface area (Å²) in [4.78, 5) is 17.6. The van der Waals surface area contributed by atoms with Gasteiger partial charge >= 0.3 is 0 Å². The number of benzene rings is 3. The molecule has 0 radical (unpaired) electrons. The second-order valence-electron chi connectivity index (χ2n) is 9.01. The molecule has 0 atom stereocenters. The molecule has 3 aromatic rings. The first kappa shape index (κ1) is 26.4. The van der Waals surface area contributed by atoms with E-state index in [0.717, 1.165) is 32.7 Å². The Labute approximate surface area is 219 Å². The summed E-state index contributed by atoms with van der Waals surface area (Å²) in [5.74, 6) is 2.59. The number of hydrogen-bond donors (Lipinski definition) is 0. The van der Waals surface area contributed by atoms with Crippen molar-refractivity contribution in [2.24, 2.45) is 0 Å². The molecule has 0 aromatic heterocycles. The van der Waals surface area contributed by atoms with E-state index >= 15 is 0 Å². The smallest absolute Gasteiger partial charge is 0.223 e. The molecule has 0 unspecified atom stereocenters. The number of amides is 1. The lowest BCUT2D eigenvalue weighted by molar-refractivity contribution is -0.133. The molecule has 7 heteroatoms. The van der Waals surface area contributed by atoms with Crippen molar-refractivity contribution in [3.05, 3.63) is 83.9 Å². The molecule has 37 heavy (non-hydrogen) atoms. The summed E-state index contributed by atoms with van der Waals surface area (Å²) in [7, 11) is 4.75. The van der Waals surface area contributed by atoms with E-state index in [0.29, 0.717) is 36.0 Å². The molecule has 0 N–H and O–H groups in total. The van der Waals surface area contributed by atoms with Gasteiger partial charge in [0, 0.05) is 57.2 Å². The Hall–Kier alpha value is -3.71. The summed E-state index contributed by atoms with van der Waals surface area (Å²) in [6.07, 6.45) is 0.471. The van der Waals surface area contributed by atoms with Crippen molar-refractivity contribution in [3.8, 4) is 23.0 Å². The molecule has 1 saturated heterocycles. The number of carbonyl (C=O) groups excluding carboxylic acids is 1. The van der Waals surface area contributed by atoms with Gasteiger partial charge < -0.3 is 23.8 Å². The monoisotopic (exact) mass is 504 g/mol. The van der Waals surface area contributed by atoms with Crippen LogP contribution in [0.2, 0.25) is 0 Å². The van der Waals surface area contributed by atoms with E-state index in [2.05, 4.69) is 29.2 Å². The van der Waals surface area contributed by atoms with Crippen LogP contribution in [0.15, 0.2) is 72.8 Å². The van der Waals surface area contributed by atoms with Crippen molar-refractivity contribution >= 4 is 5.91 Å². The van der Waals surface area contributed by atoms with E-state index in [9.17, 15) is 4.79 Å². The Morgan fingerprint density at radius 1 is 0.784 bits per heavy atom. The fourth-order valence-corrected chi connectivity index (χ4v) is 4.76. The first-order valence-electron chi connectivity index (χ1n) is 12.7. The van der Waals surface area contributed by atoms with Gasteiger partial charge in [-0.05, 0) is 11.1 Å². The van der Waals surface area contributed by atoms with Crippen LogP contribution in [0.25, 0.3) is 0 Å². The van der Waals surface area contributed by atoms with E-state index in [1.54, 1.807) is 33.5 Å². The second-order valence-corrected chi connectivity index (χ2v) is 9.01. The van der Waals surface area contributed by atoms with Crippen LogP contribution in [0.3, 0.4) is 0 Å². The molecule has 3 aromatic carbocycles. The lowest BCUT2D eigenvalue weighted by Gasteiger charge is -2.35. The predicted octanol–water partition coefficient (Wildman–Crippen LogP) is 4.46. The van der Waals surface area contributed by atoms with Crippen LogP contribution in [-0.4, -0.2) is 76.4 Å². The number of carbonyl (C=O) groups is 1. The van der Waals surface area contributed by atoms with Crippen LogP contribution < -0.4 is 18.9 Å².